The van der Waals surface area contributed by atoms with Gasteiger partial charge in [0.15, 0.2) is 10.4 Å². The second-order valence-electron chi connectivity index (χ2n) is 5.14. The fourth-order valence-corrected chi connectivity index (χ4v) is 3.25. The van der Waals surface area contributed by atoms with Crippen LogP contribution in [0.5, 0.6) is 5.75 Å². The molecule has 0 aliphatic carbocycles. The molecule has 0 spiro atoms. The van der Waals surface area contributed by atoms with Crippen molar-refractivity contribution in [2.75, 3.05) is 11.1 Å². The van der Waals surface area contributed by atoms with E-state index < -0.39 is 6.10 Å². The van der Waals surface area contributed by atoms with E-state index in [0.717, 1.165) is 10.1 Å². The smallest absolute Gasteiger partial charge is 0.266 e. The third-order valence-electron chi connectivity index (χ3n) is 2.60. The number of carbonyl (C=O) groups is 1. The summed E-state index contributed by atoms with van der Waals surface area (Å²) in [6.07, 6.45) is -0.599. The lowest BCUT2D eigenvalue weighted by Gasteiger charge is -2.13. The summed E-state index contributed by atoms with van der Waals surface area (Å²) < 4.78 is 6.43. The Kier molecular flexibility index (Phi) is 6.21. The topological polar surface area (TPSA) is 64.1 Å². The van der Waals surface area contributed by atoms with E-state index in [1.807, 2.05) is 30.3 Å². The number of para-hydroxylation sites is 1. The molecule has 0 saturated heterocycles. The molecule has 5 nitrogen and oxygen atoms in total. The van der Waals surface area contributed by atoms with Crippen molar-refractivity contribution in [3.63, 3.8) is 0 Å². The minimum atomic E-state index is -0.599. The third-order valence-corrected chi connectivity index (χ3v) is 5.00. The molecule has 1 aromatic heterocycles. The van der Waals surface area contributed by atoms with Gasteiger partial charge in [-0.15, -0.1) is 10.2 Å². The van der Waals surface area contributed by atoms with Gasteiger partial charge in [-0.25, -0.2) is 0 Å². The van der Waals surface area contributed by atoms with Gasteiger partial charge in [0, 0.05) is 5.75 Å². The van der Waals surface area contributed by atoms with Crippen LogP contribution in [0.15, 0.2) is 34.7 Å². The Morgan fingerprint density at radius 3 is 2.68 bits per heavy atom. The Balaban J connectivity index is 1.86. The largest absolute Gasteiger partial charge is 0.481 e. The zero-order valence-corrected chi connectivity index (χ0v) is 14.4. The molecule has 0 bridgehead atoms. The lowest BCUT2D eigenvalue weighted by molar-refractivity contribution is -0.122. The molecule has 0 unspecified atom stereocenters. The Bertz CT molecular complexity index is 602. The van der Waals surface area contributed by atoms with Crippen LogP contribution in [0, 0.1) is 5.92 Å². The molecule has 7 heteroatoms. The van der Waals surface area contributed by atoms with Gasteiger partial charge in [-0.3, -0.25) is 10.1 Å². The predicted octanol–water partition coefficient (Wildman–Crippen LogP) is 3.69. The average Bonchev–Trinajstić information content (AvgIpc) is 2.93. The molecule has 1 N–H and O–H groups in total. The van der Waals surface area contributed by atoms with Crippen LogP contribution in [-0.2, 0) is 4.79 Å². The highest BCUT2D eigenvalue weighted by atomic mass is 32.2. The number of anilines is 1. The first-order valence-electron chi connectivity index (χ1n) is 7.03. The van der Waals surface area contributed by atoms with Crippen molar-refractivity contribution in [2.24, 2.45) is 5.92 Å². The highest BCUT2D eigenvalue weighted by Crippen LogP contribution is 2.27. The maximum absolute atomic E-state index is 12.1. The van der Waals surface area contributed by atoms with Gasteiger partial charge in [0.25, 0.3) is 5.91 Å². The summed E-state index contributed by atoms with van der Waals surface area (Å²) in [6.45, 7) is 6.01. The summed E-state index contributed by atoms with van der Waals surface area (Å²) >= 11 is 3.03. The molecule has 22 heavy (non-hydrogen) atoms. The number of thioether (sulfide) groups is 1. The van der Waals surface area contributed by atoms with Gasteiger partial charge in [-0.2, -0.15) is 0 Å². The van der Waals surface area contributed by atoms with Crippen molar-refractivity contribution < 1.29 is 9.53 Å². The first kappa shape index (κ1) is 16.8. The Labute approximate surface area is 138 Å². The number of amides is 1. The molecule has 1 heterocycles. The van der Waals surface area contributed by atoms with Crippen LogP contribution in [0.1, 0.15) is 20.8 Å². The molecular formula is C15H19N3O2S2. The molecule has 118 valence electrons. The zero-order chi connectivity index (χ0) is 15.9. The highest BCUT2D eigenvalue weighted by molar-refractivity contribution is 8.01. The molecule has 1 aromatic carbocycles. The number of hydrogen-bond acceptors (Lipinski definition) is 6. The lowest BCUT2D eigenvalue weighted by atomic mass is 10.3. The first-order valence-corrected chi connectivity index (χ1v) is 8.83. The van der Waals surface area contributed by atoms with E-state index in [4.69, 9.17) is 4.74 Å². The van der Waals surface area contributed by atoms with Crippen LogP contribution in [0.3, 0.4) is 0 Å². The molecule has 0 radical (unpaired) electrons. The Morgan fingerprint density at radius 2 is 2.00 bits per heavy atom. The molecule has 1 atom stereocenters. The van der Waals surface area contributed by atoms with Crippen molar-refractivity contribution in [2.45, 2.75) is 31.2 Å². The van der Waals surface area contributed by atoms with E-state index >= 15 is 0 Å². The number of nitrogens with zero attached hydrogens (tertiary/aromatic N) is 2. The van der Waals surface area contributed by atoms with Crippen molar-refractivity contribution >= 4 is 34.1 Å². The number of aromatic nitrogens is 2. The second-order valence-corrected chi connectivity index (χ2v) is 7.39. The summed E-state index contributed by atoms with van der Waals surface area (Å²) in [5, 5.41) is 11.3. The number of benzene rings is 1. The Hall–Kier alpha value is -1.60. The van der Waals surface area contributed by atoms with E-state index in [1.54, 1.807) is 18.7 Å². The van der Waals surface area contributed by atoms with Gasteiger partial charge in [-0.1, -0.05) is 55.1 Å². The predicted molar refractivity (Wildman–Crippen MR) is 90.6 cm³/mol. The van der Waals surface area contributed by atoms with Gasteiger partial charge in [0.1, 0.15) is 5.75 Å². The van der Waals surface area contributed by atoms with E-state index in [0.29, 0.717) is 16.8 Å². The molecule has 0 fully saturated rings. The quantitative estimate of drug-likeness (QED) is 0.616. The summed E-state index contributed by atoms with van der Waals surface area (Å²) in [5.74, 6) is 2.00. The number of ether oxygens (including phenoxy) is 1. The Morgan fingerprint density at radius 1 is 1.27 bits per heavy atom. The van der Waals surface area contributed by atoms with Crippen molar-refractivity contribution in [3.8, 4) is 5.75 Å². The second kappa shape index (κ2) is 8.14. The summed E-state index contributed by atoms with van der Waals surface area (Å²) in [7, 11) is 0. The van der Waals surface area contributed by atoms with E-state index in [-0.39, 0.29) is 5.91 Å². The van der Waals surface area contributed by atoms with E-state index in [2.05, 4.69) is 29.4 Å². The van der Waals surface area contributed by atoms with Gasteiger partial charge in [-0.05, 0) is 25.0 Å². The maximum atomic E-state index is 12.1. The number of nitrogens with one attached hydrogen (secondary N) is 1. The van der Waals surface area contributed by atoms with Crippen molar-refractivity contribution in [1.82, 2.24) is 10.2 Å². The molecule has 0 aliphatic rings. The number of rotatable bonds is 7. The minimum absolute atomic E-state index is 0.236. The van der Waals surface area contributed by atoms with Crippen LogP contribution in [0.4, 0.5) is 5.13 Å². The molecule has 1 amide bonds. The van der Waals surface area contributed by atoms with E-state index in [1.165, 1.54) is 11.3 Å². The average molecular weight is 337 g/mol. The summed E-state index contributed by atoms with van der Waals surface area (Å²) in [4.78, 5) is 12.1. The maximum Gasteiger partial charge on any atom is 0.266 e. The van der Waals surface area contributed by atoms with Gasteiger partial charge < -0.3 is 4.74 Å². The minimum Gasteiger partial charge on any atom is -0.481 e. The van der Waals surface area contributed by atoms with E-state index in [9.17, 15) is 4.79 Å². The monoisotopic (exact) mass is 337 g/mol. The van der Waals surface area contributed by atoms with Gasteiger partial charge >= 0.3 is 0 Å². The third kappa shape index (κ3) is 5.31. The molecule has 0 aliphatic heterocycles. The standard InChI is InChI=1S/C15H19N3O2S2/c1-10(2)9-21-15-18-17-14(22-15)16-13(19)11(3)20-12-7-5-4-6-8-12/h4-8,10-11H,9H2,1-3H3,(H,16,17,19)/t11-/m0/s1. The number of hydrogen-bond donors (Lipinski definition) is 1. The fraction of sp³-hybridized carbons (Fsp3) is 0.400. The van der Waals surface area contributed by atoms with Gasteiger partial charge in [0.2, 0.25) is 5.13 Å². The van der Waals surface area contributed by atoms with Crippen LogP contribution in [0.2, 0.25) is 0 Å². The molecule has 2 aromatic rings. The molecule has 0 saturated carbocycles. The fourth-order valence-electron chi connectivity index (χ4n) is 1.52. The molecular weight excluding hydrogens is 318 g/mol. The normalized spacial score (nSPS) is 12.2. The highest BCUT2D eigenvalue weighted by Gasteiger charge is 2.17. The SMILES string of the molecule is CC(C)CSc1nnc(NC(=O)[C@H](C)Oc2ccccc2)s1. The summed E-state index contributed by atoms with van der Waals surface area (Å²) in [6, 6.07) is 9.26. The van der Waals surface area contributed by atoms with Crippen LogP contribution >= 0.6 is 23.1 Å². The lowest BCUT2D eigenvalue weighted by Crippen LogP contribution is -2.30. The number of carbonyl (C=O) groups excluding carboxylic acids is 1. The van der Waals surface area contributed by atoms with Gasteiger partial charge in [0.05, 0.1) is 0 Å². The molecule has 2 rings (SSSR count). The van der Waals surface area contributed by atoms with Crippen LogP contribution in [0.25, 0.3) is 0 Å². The van der Waals surface area contributed by atoms with Crippen LogP contribution < -0.4 is 10.1 Å². The summed E-state index contributed by atoms with van der Waals surface area (Å²) in [5.41, 5.74) is 0. The van der Waals surface area contributed by atoms with Crippen molar-refractivity contribution in [3.05, 3.63) is 30.3 Å². The van der Waals surface area contributed by atoms with Crippen molar-refractivity contribution in [1.29, 1.82) is 0 Å². The zero-order valence-electron chi connectivity index (χ0n) is 12.8. The first-order chi connectivity index (χ1) is 10.5. The van der Waals surface area contributed by atoms with Crippen LogP contribution in [-0.4, -0.2) is 28.0 Å².